The molecule has 1 aromatic heterocycles. The molecule has 200 valence electrons. The molecule has 0 fully saturated rings. The molecule has 0 saturated heterocycles. The van der Waals surface area contributed by atoms with Crippen LogP contribution in [0.4, 0.5) is 28.9 Å². The molecule has 1 heterocycles. The number of anilines is 1. The molecule has 5 nitrogen and oxygen atoms in total. The second kappa shape index (κ2) is 11.7. The minimum absolute atomic E-state index is 0.0356. The van der Waals surface area contributed by atoms with Gasteiger partial charge in [0.2, 0.25) is 0 Å². The van der Waals surface area contributed by atoms with E-state index < -0.39 is 35.3 Å². The Labute approximate surface area is 227 Å². The Kier molecular flexibility index (Phi) is 8.30. The number of alkyl halides is 3. The third kappa shape index (κ3) is 6.61. The summed E-state index contributed by atoms with van der Waals surface area (Å²) >= 11 is 6.08. The Morgan fingerprint density at radius 2 is 1.59 bits per heavy atom. The maximum absolute atomic E-state index is 15.4. The average molecular weight is 556 g/mol. The van der Waals surface area contributed by atoms with E-state index in [1.54, 1.807) is 73.7 Å². The zero-order valence-corrected chi connectivity index (χ0v) is 21.5. The van der Waals surface area contributed by atoms with Crippen LogP contribution >= 0.6 is 11.6 Å². The maximum Gasteiger partial charge on any atom is 0.425 e. The lowest BCUT2D eigenvalue weighted by Crippen LogP contribution is -2.32. The lowest BCUT2D eigenvalue weighted by Gasteiger charge is -2.20. The van der Waals surface area contributed by atoms with Crippen molar-refractivity contribution in [2.45, 2.75) is 26.1 Å². The molecule has 0 unspecified atom stereocenters. The van der Waals surface area contributed by atoms with Crippen LogP contribution in [0, 0.1) is 12.7 Å². The minimum atomic E-state index is -4.74. The zero-order valence-electron chi connectivity index (χ0n) is 20.8. The topological polar surface area (TPSA) is 63.6 Å². The molecule has 0 bridgehead atoms. The number of benzene rings is 3. The average Bonchev–Trinajstić information content (AvgIpc) is 2.91. The fourth-order valence-electron chi connectivity index (χ4n) is 3.62. The standard InChI is InChI=1S/C29H22ClF4N3O2/c1-17-13-14-35-27(30)25(17)37-28(38)21-15-22(31)23(16-24(21)39-18(2)29(32,33)34)36-26(19-9-5-3-6-10-19)20-11-7-4-8-12-20/h3-16,18H,1-2H3,(H,37,38)/t18-/m0/s1. The zero-order chi connectivity index (χ0) is 28.2. The number of aryl methyl sites for hydroxylation is 1. The Morgan fingerprint density at radius 3 is 2.13 bits per heavy atom. The van der Waals surface area contributed by atoms with E-state index in [1.807, 2.05) is 0 Å². The number of halogens is 5. The van der Waals surface area contributed by atoms with Crippen LogP contribution in [-0.2, 0) is 0 Å². The van der Waals surface area contributed by atoms with Gasteiger partial charge in [0.15, 0.2) is 11.3 Å². The number of amides is 1. The Morgan fingerprint density at radius 1 is 1.00 bits per heavy atom. The van der Waals surface area contributed by atoms with Crippen LogP contribution in [0.3, 0.4) is 0 Å². The first kappa shape index (κ1) is 27.8. The molecule has 0 saturated carbocycles. The van der Waals surface area contributed by atoms with Gasteiger partial charge in [-0.3, -0.25) is 4.79 Å². The Balaban J connectivity index is 1.84. The van der Waals surface area contributed by atoms with Gasteiger partial charge in [-0.2, -0.15) is 13.2 Å². The molecule has 0 aliphatic rings. The molecule has 4 aromatic rings. The molecule has 3 aromatic carbocycles. The summed E-state index contributed by atoms with van der Waals surface area (Å²) in [6.45, 7) is 2.44. The van der Waals surface area contributed by atoms with Gasteiger partial charge < -0.3 is 10.1 Å². The second-order valence-electron chi connectivity index (χ2n) is 8.54. The number of carbonyl (C=O) groups is 1. The van der Waals surface area contributed by atoms with E-state index in [0.29, 0.717) is 22.4 Å². The molecular formula is C29H22ClF4N3O2. The second-order valence-corrected chi connectivity index (χ2v) is 8.90. The molecule has 1 amide bonds. The molecule has 0 aliphatic carbocycles. The highest BCUT2D eigenvalue weighted by molar-refractivity contribution is 6.33. The molecule has 0 radical (unpaired) electrons. The number of aliphatic imine (C=N–C) groups is 1. The molecular weight excluding hydrogens is 534 g/mol. The number of nitrogens with zero attached hydrogens (tertiary/aromatic N) is 2. The lowest BCUT2D eigenvalue weighted by molar-refractivity contribution is -0.189. The molecule has 10 heteroatoms. The molecule has 1 atom stereocenters. The van der Waals surface area contributed by atoms with E-state index in [-0.39, 0.29) is 16.5 Å². The van der Waals surface area contributed by atoms with Crippen LogP contribution in [0.2, 0.25) is 5.15 Å². The number of rotatable bonds is 7. The molecule has 4 rings (SSSR count). The number of aromatic nitrogens is 1. The van der Waals surface area contributed by atoms with Crippen molar-refractivity contribution >= 4 is 34.6 Å². The molecule has 39 heavy (non-hydrogen) atoms. The summed E-state index contributed by atoms with van der Waals surface area (Å²) in [6, 6.07) is 21.2. The number of hydrogen-bond donors (Lipinski definition) is 1. The highest BCUT2D eigenvalue weighted by Gasteiger charge is 2.39. The predicted molar refractivity (Wildman–Crippen MR) is 143 cm³/mol. The van der Waals surface area contributed by atoms with E-state index in [0.717, 1.165) is 19.1 Å². The van der Waals surface area contributed by atoms with Gasteiger partial charge in [0.1, 0.15) is 17.3 Å². The number of ether oxygens (including phenoxy) is 1. The van der Waals surface area contributed by atoms with Crippen LogP contribution < -0.4 is 10.1 Å². The van der Waals surface area contributed by atoms with Crippen molar-refractivity contribution in [3.63, 3.8) is 0 Å². The van der Waals surface area contributed by atoms with E-state index in [1.165, 1.54) is 6.20 Å². The van der Waals surface area contributed by atoms with Crippen LogP contribution in [0.5, 0.6) is 5.75 Å². The van der Waals surface area contributed by atoms with Gasteiger partial charge in [-0.05, 0) is 31.5 Å². The first-order valence-electron chi connectivity index (χ1n) is 11.7. The summed E-state index contributed by atoms with van der Waals surface area (Å²) < 4.78 is 60.8. The monoisotopic (exact) mass is 555 g/mol. The van der Waals surface area contributed by atoms with E-state index in [4.69, 9.17) is 16.3 Å². The van der Waals surface area contributed by atoms with Crippen molar-refractivity contribution in [1.82, 2.24) is 4.98 Å². The van der Waals surface area contributed by atoms with Crippen molar-refractivity contribution in [1.29, 1.82) is 0 Å². The minimum Gasteiger partial charge on any atom is -0.480 e. The van der Waals surface area contributed by atoms with Gasteiger partial charge in [-0.15, -0.1) is 0 Å². The number of pyridine rings is 1. The largest absolute Gasteiger partial charge is 0.480 e. The fourth-order valence-corrected chi connectivity index (χ4v) is 3.88. The molecule has 0 spiro atoms. The summed E-state index contributed by atoms with van der Waals surface area (Å²) in [6.07, 6.45) is -5.61. The molecule has 0 aliphatic heterocycles. The maximum atomic E-state index is 15.4. The van der Waals surface area contributed by atoms with Crippen molar-refractivity contribution < 1.29 is 27.1 Å². The van der Waals surface area contributed by atoms with Gasteiger partial charge in [-0.25, -0.2) is 14.4 Å². The highest BCUT2D eigenvalue weighted by atomic mass is 35.5. The summed E-state index contributed by atoms with van der Waals surface area (Å²) in [5.74, 6) is -2.38. The number of carbonyl (C=O) groups excluding carboxylic acids is 1. The summed E-state index contributed by atoms with van der Waals surface area (Å²) in [4.78, 5) is 21.5. The van der Waals surface area contributed by atoms with Gasteiger partial charge in [0.25, 0.3) is 5.91 Å². The first-order valence-corrected chi connectivity index (χ1v) is 12.1. The van der Waals surface area contributed by atoms with Crippen molar-refractivity contribution in [3.8, 4) is 5.75 Å². The van der Waals surface area contributed by atoms with Crippen LogP contribution in [-0.4, -0.2) is 28.9 Å². The first-order chi connectivity index (χ1) is 18.5. The van der Waals surface area contributed by atoms with E-state index in [2.05, 4.69) is 15.3 Å². The number of nitrogens with one attached hydrogen (secondary N) is 1. The van der Waals surface area contributed by atoms with Gasteiger partial charge in [0, 0.05) is 23.4 Å². The van der Waals surface area contributed by atoms with Crippen molar-refractivity contribution in [2.24, 2.45) is 4.99 Å². The van der Waals surface area contributed by atoms with Gasteiger partial charge >= 0.3 is 6.18 Å². The van der Waals surface area contributed by atoms with Crippen molar-refractivity contribution in [3.05, 3.63) is 118 Å². The van der Waals surface area contributed by atoms with Gasteiger partial charge in [0.05, 0.1) is 17.0 Å². The van der Waals surface area contributed by atoms with E-state index in [9.17, 15) is 18.0 Å². The summed E-state index contributed by atoms with van der Waals surface area (Å²) in [5.41, 5.74) is 1.58. The third-order valence-electron chi connectivity index (χ3n) is 5.74. The number of hydrogen-bond acceptors (Lipinski definition) is 4. The Hall–Kier alpha value is -4.24. The fraction of sp³-hybridized carbons (Fsp3) is 0.138. The predicted octanol–water partition coefficient (Wildman–Crippen LogP) is 7.93. The summed E-state index contributed by atoms with van der Waals surface area (Å²) in [5, 5.41) is 2.45. The summed E-state index contributed by atoms with van der Waals surface area (Å²) in [7, 11) is 0. The van der Waals surface area contributed by atoms with Crippen LogP contribution in [0.1, 0.15) is 34.0 Å². The quantitative estimate of drug-likeness (QED) is 0.143. The Bertz CT molecular complexity index is 1450. The van der Waals surface area contributed by atoms with Crippen LogP contribution in [0.15, 0.2) is 90.1 Å². The van der Waals surface area contributed by atoms with Crippen molar-refractivity contribution in [2.75, 3.05) is 5.32 Å². The van der Waals surface area contributed by atoms with E-state index >= 15 is 4.39 Å². The van der Waals surface area contributed by atoms with Crippen LogP contribution in [0.25, 0.3) is 0 Å². The SMILES string of the molecule is Cc1ccnc(Cl)c1NC(=O)c1cc(F)c(N=C(c2ccccc2)c2ccccc2)cc1O[C@@H](C)C(F)(F)F. The molecule has 1 N–H and O–H groups in total. The lowest BCUT2D eigenvalue weighted by atomic mass is 10.0. The smallest absolute Gasteiger partial charge is 0.425 e. The normalized spacial score (nSPS) is 12.0. The third-order valence-corrected chi connectivity index (χ3v) is 6.02. The highest BCUT2D eigenvalue weighted by Crippen LogP contribution is 2.34. The van der Waals surface area contributed by atoms with Gasteiger partial charge in [-0.1, -0.05) is 72.3 Å².